The molecule has 14 aromatic rings. The van der Waals surface area contributed by atoms with Gasteiger partial charge >= 0.3 is 0 Å². The standard InChI is InChI=1S/C63H39N5/c1-5-19-40(20-6-1)61-64-62(41-21-7-2-8-22-41)66-63(65-61)54-39-43(38-53-48-29-14-13-27-46(48)47-28-15-16-30-49(47)58(53)54)42-33-35-56-52(37-42)50-34-36-57-59(60(50)68(56)45-25-11-4-12-26-45)51-31-17-18-32-55(51)67(57)44-23-9-3-10-24-44/h1-39H. The summed E-state index contributed by atoms with van der Waals surface area (Å²) >= 11 is 0. The minimum atomic E-state index is 0.629. The molecule has 0 saturated carbocycles. The van der Waals surface area contributed by atoms with Crippen molar-refractivity contribution in [2.45, 2.75) is 0 Å². The molecule has 0 aliphatic heterocycles. The van der Waals surface area contributed by atoms with Gasteiger partial charge in [-0.25, -0.2) is 15.0 Å². The number of fused-ring (bicyclic) bond motifs is 13. The van der Waals surface area contributed by atoms with Gasteiger partial charge in [0.15, 0.2) is 17.5 Å². The third-order valence-electron chi connectivity index (χ3n) is 13.7. The SMILES string of the molecule is c1ccc(-c2nc(-c3ccccc3)nc(-c3cc(-c4ccc5c(c4)c4ccc6c(c7ccccc7n6-c6ccccc6)c4n5-c4ccccc4)cc4c5ccccc5c5ccccc5c34)n2)cc1. The first kappa shape index (κ1) is 38.1. The lowest BCUT2D eigenvalue weighted by molar-refractivity contribution is 1.08. The molecule has 0 bridgehead atoms. The second-order valence-corrected chi connectivity index (χ2v) is 17.5. The molecule has 14 rings (SSSR count). The van der Waals surface area contributed by atoms with Crippen LogP contribution in [0.3, 0.4) is 0 Å². The molecule has 0 fully saturated rings. The van der Waals surface area contributed by atoms with Gasteiger partial charge in [-0.1, -0.05) is 176 Å². The first-order valence-corrected chi connectivity index (χ1v) is 23.1. The Morgan fingerprint density at radius 3 is 1.37 bits per heavy atom. The van der Waals surface area contributed by atoms with Gasteiger partial charge in [0.2, 0.25) is 0 Å². The second kappa shape index (κ2) is 15.2. The van der Waals surface area contributed by atoms with Crippen molar-refractivity contribution in [3.63, 3.8) is 0 Å². The topological polar surface area (TPSA) is 48.5 Å². The Morgan fingerprint density at radius 2 is 0.721 bits per heavy atom. The molecule has 5 nitrogen and oxygen atoms in total. The van der Waals surface area contributed by atoms with Crippen LogP contribution in [0.25, 0.3) is 133 Å². The largest absolute Gasteiger partial charge is 0.309 e. The number of hydrogen-bond acceptors (Lipinski definition) is 3. The van der Waals surface area contributed by atoms with E-state index in [4.69, 9.17) is 15.0 Å². The molecule has 11 aromatic carbocycles. The molecule has 0 spiro atoms. The van der Waals surface area contributed by atoms with Crippen LogP contribution in [0.5, 0.6) is 0 Å². The van der Waals surface area contributed by atoms with E-state index in [9.17, 15) is 0 Å². The molecule has 68 heavy (non-hydrogen) atoms. The van der Waals surface area contributed by atoms with Gasteiger partial charge in [-0.05, 0) is 98.7 Å². The Balaban J connectivity index is 1.09. The molecule has 3 heterocycles. The van der Waals surface area contributed by atoms with Crippen LogP contribution in [0.2, 0.25) is 0 Å². The van der Waals surface area contributed by atoms with Crippen molar-refractivity contribution >= 4 is 75.9 Å². The lowest BCUT2D eigenvalue weighted by atomic mass is 9.88. The van der Waals surface area contributed by atoms with Gasteiger partial charge in [-0.3, -0.25) is 0 Å². The fraction of sp³-hybridized carbons (Fsp3) is 0. The summed E-state index contributed by atoms with van der Waals surface area (Å²) in [5.41, 5.74) is 12.0. The molecule has 0 saturated heterocycles. The van der Waals surface area contributed by atoms with E-state index in [1.165, 1.54) is 54.3 Å². The molecular weight excluding hydrogens is 827 g/mol. The molecule has 0 unspecified atom stereocenters. The molecule has 5 heteroatoms. The summed E-state index contributed by atoms with van der Waals surface area (Å²) in [6.07, 6.45) is 0. The summed E-state index contributed by atoms with van der Waals surface area (Å²) in [5.74, 6) is 1.89. The molecule has 0 aliphatic rings. The van der Waals surface area contributed by atoms with Gasteiger partial charge in [0, 0.05) is 55.0 Å². The second-order valence-electron chi connectivity index (χ2n) is 17.5. The fourth-order valence-electron chi connectivity index (χ4n) is 10.7. The van der Waals surface area contributed by atoms with Gasteiger partial charge in [0.05, 0.1) is 22.1 Å². The number of aromatic nitrogens is 5. The molecule has 0 atom stereocenters. The third kappa shape index (κ3) is 5.86. The number of rotatable bonds is 6. The molecular formula is C63H39N5. The Morgan fingerprint density at radius 1 is 0.250 bits per heavy atom. The van der Waals surface area contributed by atoms with E-state index in [2.05, 4.69) is 209 Å². The quantitative estimate of drug-likeness (QED) is 0.156. The predicted octanol–water partition coefficient (Wildman–Crippen LogP) is 16.2. The van der Waals surface area contributed by atoms with Crippen molar-refractivity contribution in [2.24, 2.45) is 0 Å². The van der Waals surface area contributed by atoms with Gasteiger partial charge in [0.1, 0.15) is 0 Å². The highest BCUT2D eigenvalue weighted by atomic mass is 15.0. The van der Waals surface area contributed by atoms with Gasteiger partial charge in [-0.15, -0.1) is 0 Å². The molecule has 0 aliphatic carbocycles. The van der Waals surface area contributed by atoms with Gasteiger partial charge in [0.25, 0.3) is 0 Å². The van der Waals surface area contributed by atoms with Crippen molar-refractivity contribution in [3.8, 4) is 56.7 Å². The van der Waals surface area contributed by atoms with E-state index in [0.29, 0.717) is 17.5 Å². The average Bonchev–Trinajstić information content (AvgIpc) is 3.94. The minimum Gasteiger partial charge on any atom is -0.309 e. The third-order valence-corrected chi connectivity index (χ3v) is 13.7. The Bertz CT molecular complexity index is 4230. The molecule has 316 valence electrons. The normalized spacial score (nSPS) is 11.8. The van der Waals surface area contributed by atoms with Crippen LogP contribution >= 0.6 is 0 Å². The van der Waals surface area contributed by atoms with Crippen LogP contribution in [0.4, 0.5) is 0 Å². The van der Waals surface area contributed by atoms with Crippen LogP contribution < -0.4 is 0 Å². The zero-order chi connectivity index (χ0) is 44.7. The number of hydrogen-bond donors (Lipinski definition) is 0. The van der Waals surface area contributed by atoms with Crippen LogP contribution in [-0.2, 0) is 0 Å². The Hall–Kier alpha value is -9.19. The molecule has 0 N–H and O–H groups in total. The highest BCUT2D eigenvalue weighted by Crippen LogP contribution is 2.46. The minimum absolute atomic E-state index is 0.629. The maximum Gasteiger partial charge on any atom is 0.164 e. The Kier molecular flexibility index (Phi) is 8.52. The lowest BCUT2D eigenvalue weighted by Crippen LogP contribution is -2.01. The molecule has 0 amide bonds. The van der Waals surface area contributed by atoms with Gasteiger partial charge < -0.3 is 9.13 Å². The first-order chi connectivity index (χ1) is 33.7. The van der Waals surface area contributed by atoms with E-state index in [1.54, 1.807) is 0 Å². The number of para-hydroxylation sites is 3. The van der Waals surface area contributed by atoms with Crippen LogP contribution in [-0.4, -0.2) is 24.1 Å². The van der Waals surface area contributed by atoms with Crippen molar-refractivity contribution in [1.29, 1.82) is 0 Å². The van der Waals surface area contributed by atoms with Crippen molar-refractivity contribution in [2.75, 3.05) is 0 Å². The summed E-state index contributed by atoms with van der Waals surface area (Å²) in [6, 6.07) is 84.6. The summed E-state index contributed by atoms with van der Waals surface area (Å²) < 4.78 is 4.87. The molecule has 0 radical (unpaired) electrons. The summed E-state index contributed by atoms with van der Waals surface area (Å²) in [6.45, 7) is 0. The van der Waals surface area contributed by atoms with Crippen molar-refractivity contribution < 1.29 is 0 Å². The smallest absolute Gasteiger partial charge is 0.164 e. The van der Waals surface area contributed by atoms with Crippen molar-refractivity contribution in [3.05, 3.63) is 237 Å². The summed E-state index contributed by atoms with van der Waals surface area (Å²) in [4.78, 5) is 15.8. The fourth-order valence-corrected chi connectivity index (χ4v) is 10.7. The highest BCUT2D eigenvalue weighted by Gasteiger charge is 2.23. The molecule has 3 aromatic heterocycles. The van der Waals surface area contributed by atoms with E-state index in [1.807, 2.05) is 36.4 Å². The van der Waals surface area contributed by atoms with E-state index < -0.39 is 0 Å². The van der Waals surface area contributed by atoms with Crippen LogP contribution in [0, 0.1) is 0 Å². The summed E-state index contributed by atoms with van der Waals surface area (Å²) in [5, 5.41) is 11.8. The van der Waals surface area contributed by atoms with E-state index in [-0.39, 0.29) is 0 Å². The zero-order valence-corrected chi connectivity index (χ0v) is 36.8. The lowest BCUT2D eigenvalue weighted by Gasteiger charge is -2.17. The Labute approximate surface area is 391 Å². The maximum atomic E-state index is 5.35. The highest BCUT2D eigenvalue weighted by molar-refractivity contribution is 6.29. The van der Waals surface area contributed by atoms with Crippen LogP contribution in [0.1, 0.15) is 0 Å². The van der Waals surface area contributed by atoms with Gasteiger partial charge in [-0.2, -0.15) is 0 Å². The van der Waals surface area contributed by atoms with Crippen LogP contribution in [0.15, 0.2) is 237 Å². The monoisotopic (exact) mass is 865 g/mol. The zero-order valence-electron chi connectivity index (χ0n) is 36.8. The maximum absolute atomic E-state index is 5.35. The van der Waals surface area contributed by atoms with E-state index in [0.717, 1.165) is 60.9 Å². The number of nitrogens with zero attached hydrogens (tertiary/aromatic N) is 5. The predicted molar refractivity (Wildman–Crippen MR) is 283 cm³/mol. The summed E-state index contributed by atoms with van der Waals surface area (Å²) in [7, 11) is 0. The first-order valence-electron chi connectivity index (χ1n) is 23.1. The number of benzene rings is 11. The van der Waals surface area contributed by atoms with Crippen molar-refractivity contribution in [1.82, 2.24) is 24.1 Å². The average molecular weight is 866 g/mol. The van der Waals surface area contributed by atoms with E-state index >= 15 is 0 Å².